The molecule has 0 heterocycles. The standard InChI is InChI=1S/C14H21NO2/c1-10-9-11(2)13(5-6-15-7-8-16)14(17-4)12(10)3/h8-9,15H,5-7H2,1-4H3. The van der Waals surface area contributed by atoms with Crippen LogP contribution in [0.4, 0.5) is 0 Å². The minimum Gasteiger partial charge on any atom is -0.496 e. The molecule has 0 aliphatic carbocycles. The molecule has 0 aliphatic rings. The molecule has 0 saturated heterocycles. The van der Waals surface area contributed by atoms with Gasteiger partial charge in [0.05, 0.1) is 13.7 Å². The minimum atomic E-state index is 0.409. The maximum atomic E-state index is 10.2. The summed E-state index contributed by atoms with van der Waals surface area (Å²) in [6.45, 7) is 7.48. The number of carbonyl (C=O) groups excluding carboxylic acids is 1. The lowest BCUT2D eigenvalue weighted by atomic mass is 9.97. The highest BCUT2D eigenvalue weighted by Crippen LogP contribution is 2.29. The van der Waals surface area contributed by atoms with Crippen LogP contribution < -0.4 is 10.1 Å². The number of nitrogens with one attached hydrogen (secondary N) is 1. The van der Waals surface area contributed by atoms with Crippen molar-refractivity contribution in [3.05, 3.63) is 28.3 Å². The van der Waals surface area contributed by atoms with Gasteiger partial charge in [0.25, 0.3) is 0 Å². The first-order chi connectivity index (χ1) is 8.11. The molecular weight excluding hydrogens is 214 g/mol. The first-order valence-corrected chi connectivity index (χ1v) is 5.89. The molecule has 0 bridgehead atoms. The van der Waals surface area contributed by atoms with E-state index < -0.39 is 0 Å². The highest BCUT2D eigenvalue weighted by atomic mass is 16.5. The van der Waals surface area contributed by atoms with Crippen LogP contribution in [0.15, 0.2) is 6.07 Å². The number of rotatable bonds is 6. The summed E-state index contributed by atoms with van der Waals surface area (Å²) in [6.07, 6.45) is 1.76. The van der Waals surface area contributed by atoms with E-state index in [1.165, 1.54) is 22.3 Å². The molecule has 1 N–H and O–H groups in total. The normalized spacial score (nSPS) is 10.4. The van der Waals surface area contributed by atoms with Crippen LogP contribution in [-0.4, -0.2) is 26.5 Å². The fourth-order valence-electron chi connectivity index (χ4n) is 2.07. The Morgan fingerprint density at radius 1 is 1.29 bits per heavy atom. The van der Waals surface area contributed by atoms with E-state index in [0.717, 1.165) is 25.0 Å². The zero-order valence-corrected chi connectivity index (χ0v) is 11.1. The molecule has 1 aromatic carbocycles. The molecule has 1 rings (SSSR count). The van der Waals surface area contributed by atoms with Crippen LogP contribution in [0.2, 0.25) is 0 Å². The number of hydrogen-bond acceptors (Lipinski definition) is 3. The first kappa shape index (κ1) is 13.7. The zero-order valence-electron chi connectivity index (χ0n) is 11.1. The van der Waals surface area contributed by atoms with E-state index in [9.17, 15) is 4.79 Å². The van der Waals surface area contributed by atoms with Crippen LogP contribution in [0.25, 0.3) is 0 Å². The summed E-state index contributed by atoms with van der Waals surface area (Å²) in [4.78, 5) is 10.2. The second kappa shape index (κ2) is 6.40. The molecule has 17 heavy (non-hydrogen) atoms. The van der Waals surface area contributed by atoms with Crippen LogP contribution in [0.5, 0.6) is 5.75 Å². The fraction of sp³-hybridized carbons (Fsp3) is 0.500. The van der Waals surface area contributed by atoms with Gasteiger partial charge in [-0.15, -0.1) is 0 Å². The number of methoxy groups -OCH3 is 1. The molecule has 0 atom stereocenters. The van der Waals surface area contributed by atoms with E-state index in [4.69, 9.17) is 4.74 Å². The molecule has 0 aliphatic heterocycles. The molecule has 1 aromatic rings. The Hall–Kier alpha value is -1.35. The Kier molecular flexibility index (Phi) is 5.16. The van der Waals surface area contributed by atoms with Crippen molar-refractivity contribution in [2.45, 2.75) is 27.2 Å². The molecule has 0 radical (unpaired) electrons. The quantitative estimate of drug-likeness (QED) is 0.605. The molecule has 3 heteroatoms. The fourth-order valence-corrected chi connectivity index (χ4v) is 2.07. The predicted molar refractivity (Wildman–Crippen MR) is 69.8 cm³/mol. The molecule has 0 spiro atoms. The number of aryl methyl sites for hydroxylation is 2. The van der Waals surface area contributed by atoms with Gasteiger partial charge in [0.15, 0.2) is 0 Å². The number of hydrogen-bond donors (Lipinski definition) is 1. The van der Waals surface area contributed by atoms with Crippen molar-refractivity contribution >= 4 is 6.29 Å². The highest BCUT2D eigenvalue weighted by Gasteiger charge is 2.11. The van der Waals surface area contributed by atoms with Gasteiger partial charge in [0, 0.05) is 0 Å². The lowest BCUT2D eigenvalue weighted by Gasteiger charge is -2.16. The largest absolute Gasteiger partial charge is 0.496 e. The average molecular weight is 235 g/mol. The summed E-state index contributed by atoms with van der Waals surface area (Å²) in [7, 11) is 1.71. The van der Waals surface area contributed by atoms with Crippen LogP contribution in [0, 0.1) is 20.8 Å². The summed E-state index contributed by atoms with van der Waals surface area (Å²) >= 11 is 0. The van der Waals surface area contributed by atoms with Crippen LogP contribution in [0.3, 0.4) is 0 Å². The van der Waals surface area contributed by atoms with E-state index in [0.29, 0.717) is 6.54 Å². The third-order valence-electron chi connectivity index (χ3n) is 3.10. The van der Waals surface area contributed by atoms with Gasteiger partial charge in [-0.05, 0) is 56.0 Å². The van der Waals surface area contributed by atoms with E-state index in [1.54, 1.807) is 7.11 Å². The minimum absolute atomic E-state index is 0.409. The zero-order chi connectivity index (χ0) is 12.8. The van der Waals surface area contributed by atoms with E-state index in [2.05, 4.69) is 32.2 Å². The Labute approximate surface area is 103 Å². The average Bonchev–Trinajstić information content (AvgIpc) is 2.31. The van der Waals surface area contributed by atoms with Crippen molar-refractivity contribution in [2.75, 3.05) is 20.2 Å². The van der Waals surface area contributed by atoms with Gasteiger partial charge < -0.3 is 14.8 Å². The van der Waals surface area contributed by atoms with Crippen LogP contribution in [0.1, 0.15) is 22.3 Å². The van der Waals surface area contributed by atoms with Gasteiger partial charge in [-0.3, -0.25) is 0 Å². The smallest absolute Gasteiger partial charge is 0.133 e. The lowest BCUT2D eigenvalue weighted by molar-refractivity contribution is -0.107. The summed E-state index contributed by atoms with van der Waals surface area (Å²) < 4.78 is 5.50. The second-order valence-corrected chi connectivity index (χ2v) is 4.27. The summed E-state index contributed by atoms with van der Waals surface area (Å²) in [5, 5.41) is 3.07. The number of aldehydes is 1. The Balaban J connectivity index is 2.89. The first-order valence-electron chi connectivity index (χ1n) is 5.89. The molecular formula is C14H21NO2. The third kappa shape index (κ3) is 3.30. The maximum absolute atomic E-state index is 10.2. The van der Waals surface area contributed by atoms with Crippen molar-refractivity contribution in [3.8, 4) is 5.75 Å². The molecule has 0 fully saturated rings. The molecule has 0 unspecified atom stereocenters. The van der Waals surface area contributed by atoms with Crippen LogP contribution in [-0.2, 0) is 11.2 Å². The number of ether oxygens (including phenoxy) is 1. The topological polar surface area (TPSA) is 38.3 Å². The van der Waals surface area contributed by atoms with Crippen molar-refractivity contribution in [2.24, 2.45) is 0 Å². The number of benzene rings is 1. The van der Waals surface area contributed by atoms with Gasteiger partial charge in [0.1, 0.15) is 12.0 Å². The van der Waals surface area contributed by atoms with Crippen molar-refractivity contribution < 1.29 is 9.53 Å². The second-order valence-electron chi connectivity index (χ2n) is 4.27. The molecule has 0 amide bonds. The highest BCUT2D eigenvalue weighted by molar-refractivity contribution is 5.52. The molecule has 0 saturated carbocycles. The lowest BCUT2D eigenvalue weighted by Crippen LogP contribution is -2.20. The van der Waals surface area contributed by atoms with Gasteiger partial charge in [-0.25, -0.2) is 0 Å². The summed E-state index contributed by atoms with van der Waals surface area (Å²) in [5.74, 6) is 0.982. The summed E-state index contributed by atoms with van der Waals surface area (Å²) in [5.41, 5.74) is 4.93. The van der Waals surface area contributed by atoms with E-state index in [1.807, 2.05) is 0 Å². The van der Waals surface area contributed by atoms with E-state index >= 15 is 0 Å². The monoisotopic (exact) mass is 235 g/mol. The van der Waals surface area contributed by atoms with Gasteiger partial charge in [-0.1, -0.05) is 6.07 Å². The molecule has 94 valence electrons. The Morgan fingerprint density at radius 3 is 2.59 bits per heavy atom. The third-order valence-corrected chi connectivity index (χ3v) is 3.10. The SMILES string of the molecule is COc1c(C)c(C)cc(C)c1CCNCC=O. The Morgan fingerprint density at radius 2 is 2.00 bits per heavy atom. The number of carbonyl (C=O) groups is 1. The van der Waals surface area contributed by atoms with E-state index in [-0.39, 0.29) is 0 Å². The molecule has 3 nitrogen and oxygen atoms in total. The van der Waals surface area contributed by atoms with Crippen molar-refractivity contribution in [1.29, 1.82) is 0 Å². The van der Waals surface area contributed by atoms with Crippen molar-refractivity contribution in [3.63, 3.8) is 0 Å². The van der Waals surface area contributed by atoms with Gasteiger partial charge in [0.2, 0.25) is 0 Å². The predicted octanol–water partition coefficient (Wildman–Crippen LogP) is 1.95. The maximum Gasteiger partial charge on any atom is 0.133 e. The van der Waals surface area contributed by atoms with Crippen molar-refractivity contribution in [1.82, 2.24) is 5.32 Å². The molecule has 0 aromatic heterocycles. The van der Waals surface area contributed by atoms with Crippen LogP contribution >= 0.6 is 0 Å². The van der Waals surface area contributed by atoms with Gasteiger partial charge >= 0.3 is 0 Å². The Bertz CT molecular complexity index is 400. The van der Waals surface area contributed by atoms with Gasteiger partial charge in [-0.2, -0.15) is 0 Å². The summed E-state index contributed by atoms with van der Waals surface area (Å²) in [6, 6.07) is 2.19.